The van der Waals surface area contributed by atoms with E-state index in [0.717, 1.165) is 45.3 Å². The number of hydrogen-bond donors (Lipinski definition) is 0. The monoisotopic (exact) mass is 407 g/mol. The Labute approximate surface area is 179 Å². The second-order valence-corrected chi connectivity index (χ2v) is 7.54. The van der Waals surface area contributed by atoms with E-state index in [4.69, 9.17) is 0 Å². The zero-order chi connectivity index (χ0) is 21.2. The Kier molecular flexibility index (Phi) is 4.88. The topological polar surface area (TPSA) is 65.6 Å². The molecule has 0 radical (unpaired) electrons. The van der Waals surface area contributed by atoms with E-state index in [1.165, 1.54) is 4.68 Å². The minimum atomic E-state index is -0.0989. The Morgan fingerprint density at radius 2 is 1.74 bits per heavy atom. The van der Waals surface area contributed by atoms with Crippen molar-refractivity contribution in [2.45, 2.75) is 13.0 Å². The predicted octanol–water partition coefficient (Wildman–Crippen LogP) is 4.10. The first-order valence-corrected chi connectivity index (χ1v) is 10.2. The second kappa shape index (κ2) is 7.99. The Hall–Kier alpha value is -4.06. The molecule has 2 aromatic carbocycles. The molecular formula is C25H21N5O. The fourth-order valence-corrected chi connectivity index (χ4v) is 3.68. The van der Waals surface area contributed by atoms with Gasteiger partial charge in [0.2, 0.25) is 0 Å². The fraction of sp³-hybridized carbons (Fsp3) is 0.120. The van der Waals surface area contributed by atoms with Crippen molar-refractivity contribution >= 4 is 10.9 Å². The molecule has 0 unspecified atom stereocenters. The molecule has 6 nitrogen and oxygen atoms in total. The van der Waals surface area contributed by atoms with Crippen LogP contribution in [0.15, 0.2) is 90.1 Å². The molecule has 0 N–H and O–H groups in total. The van der Waals surface area contributed by atoms with Gasteiger partial charge in [0.25, 0.3) is 5.56 Å². The Morgan fingerprint density at radius 1 is 0.903 bits per heavy atom. The van der Waals surface area contributed by atoms with Crippen LogP contribution in [0.5, 0.6) is 0 Å². The van der Waals surface area contributed by atoms with Crippen molar-refractivity contribution in [3.8, 4) is 22.4 Å². The molecule has 0 spiro atoms. The van der Waals surface area contributed by atoms with E-state index in [9.17, 15) is 4.79 Å². The van der Waals surface area contributed by atoms with Gasteiger partial charge < -0.3 is 0 Å². The van der Waals surface area contributed by atoms with Gasteiger partial charge in [0.05, 0.1) is 17.4 Å². The molecule has 3 heterocycles. The normalized spacial score (nSPS) is 11.1. The summed E-state index contributed by atoms with van der Waals surface area (Å²) in [6.07, 6.45) is 6.34. The van der Waals surface area contributed by atoms with Gasteiger partial charge in [0, 0.05) is 48.6 Å². The maximum absolute atomic E-state index is 12.4. The molecule has 0 atom stereocenters. The van der Waals surface area contributed by atoms with Gasteiger partial charge in [0.1, 0.15) is 0 Å². The van der Waals surface area contributed by atoms with E-state index in [1.54, 1.807) is 23.0 Å². The zero-order valence-corrected chi connectivity index (χ0v) is 17.1. The van der Waals surface area contributed by atoms with Crippen molar-refractivity contribution in [3.63, 3.8) is 0 Å². The van der Waals surface area contributed by atoms with Crippen LogP contribution in [0.25, 0.3) is 33.3 Å². The highest BCUT2D eigenvalue weighted by Crippen LogP contribution is 2.23. The minimum absolute atomic E-state index is 0.0989. The zero-order valence-electron chi connectivity index (χ0n) is 17.1. The van der Waals surface area contributed by atoms with Crippen LogP contribution in [0.2, 0.25) is 0 Å². The van der Waals surface area contributed by atoms with Crippen LogP contribution in [0.1, 0.15) is 5.56 Å². The van der Waals surface area contributed by atoms with Crippen LogP contribution < -0.4 is 5.56 Å². The Balaban J connectivity index is 1.36. The fourth-order valence-electron chi connectivity index (χ4n) is 3.68. The van der Waals surface area contributed by atoms with Gasteiger partial charge in [-0.1, -0.05) is 36.4 Å². The van der Waals surface area contributed by atoms with E-state index < -0.39 is 0 Å². The van der Waals surface area contributed by atoms with E-state index in [-0.39, 0.29) is 5.56 Å². The highest BCUT2D eigenvalue weighted by Gasteiger charge is 2.06. The van der Waals surface area contributed by atoms with Gasteiger partial charge in [-0.25, -0.2) is 4.68 Å². The van der Waals surface area contributed by atoms with Gasteiger partial charge >= 0.3 is 0 Å². The summed E-state index contributed by atoms with van der Waals surface area (Å²) in [4.78, 5) is 16.7. The molecule has 152 valence electrons. The van der Waals surface area contributed by atoms with Crippen molar-refractivity contribution in [2.24, 2.45) is 7.05 Å². The number of aromatic nitrogens is 5. The van der Waals surface area contributed by atoms with Crippen LogP contribution in [0.3, 0.4) is 0 Å². The molecule has 0 aliphatic carbocycles. The molecular weight excluding hydrogens is 386 g/mol. The largest absolute Gasteiger partial charge is 0.275 e. The van der Waals surface area contributed by atoms with E-state index in [0.29, 0.717) is 6.54 Å². The van der Waals surface area contributed by atoms with E-state index >= 15 is 0 Å². The molecule has 0 fully saturated rings. The molecule has 0 aliphatic heterocycles. The van der Waals surface area contributed by atoms with Crippen molar-refractivity contribution in [1.82, 2.24) is 24.5 Å². The molecule has 5 rings (SSSR count). The van der Waals surface area contributed by atoms with E-state index in [1.807, 2.05) is 61.9 Å². The molecule has 31 heavy (non-hydrogen) atoms. The third-order valence-corrected chi connectivity index (χ3v) is 5.37. The summed E-state index contributed by atoms with van der Waals surface area (Å²) in [6, 6.07) is 21.7. The van der Waals surface area contributed by atoms with Crippen LogP contribution >= 0.6 is 0 Å². The third kappa shape index (κ3) is 4.00. The highest BCUT2D eigenvalue weighted by atomic mass is 16.1. The number of nitrogens with zero attached hydrogens (tertiary/aromatic N) is 5. The number of fused-ring (bicyclic) bond motifs is 1. The summed E-state index contributed by atoms with van der Waals surface area (Å²) in [5.74, 6) is 0. The molecule has 0 bridgehead atoms. The first kappa shape index (κ1) is 18.9. The number of pyridine rings is 1. The lowest BCUT2D eigenvalue weighted by molar-refractivity contribution is 0.581. The maximum atomic E-state index is 12.4. The van der Waals surface area contributed by atoms with Crippen LogP contribution in [0, 0.1) is 0 Å². The van der Waals surface area contributed by atoms with Crippen molar-refractivity contribution in [1.29, 1.82) is 0 Å². The quantitative estimate of drug-likeness (QED) is 0.440. The van der Waals surface area contributed by atoms with Crippen LogP contribution in [0.4, 0.5) is 0 Å². The highest BCUT2D eigenvalue weighted by molar-refractivity contribution is 5.78. The molecule has 0 saturated carbocycles. The lowest BCUT2D eigenvalue weighted by atomic mass is 10.1. The van der Waals surface area contributed by atoms with Crippen molar-refractivity contribution in [3.05, 3.63) is 101 Å². The SMILES string of the molecule is Cn1cc(-c2ccc(-c3ccc(=O)n(CCc4ccc5ncccc5c4)n3)cc2)cn1. The number of rotatable bonds is 5. The third-order valence-electron chi connectivity index (χ3n) is 5.37. The van der Waals surface area contributed by atoms with Gasteiger partial charge in [-0.2, -0.15) is 10.2 Å². The number of benzene rings is 2. The summed E-state index contributed by atoms with van der Waals surface area (Å²) in [6.45, 7) is 0.520. The van der Waals surface area contributed by atoms with Gasteiger partial charge in [0.15, 0.2) is 0 Å². The number of hydrogen-bond acceptors (Lipinski definition) is 4. The average molecular weight is 407 g/mol. The first-order chi connectivity index (χ1) is 15.2. The molecule has 3 aromatic heterocycles. The molecule has 0 amide bonds. The lowest BCUT2D eigenvalue weighted by Gasteiger charge is -2.08. The Morgan fingerprint density at radius 3 is 2.55 bits per heavy atom. The second-order valence-electron chi connectivity index (χ2n) is 7.54. The minimum Gasteiger partial charge on any atom is -0.275 e. The van der Waals surface area contributed by atoms with Gasteiger partial charge in [-0.15, -0.1) is 0 Å². The molecule has 5 aromatic rings. The first-order valence-electron chi connectivity index (χ1n) is 10.2. The summed E-state index contributed by atoms with van der Waals surface area (Å²) >= 11 is 0. The molecule has 6 heteroatoms. The predicted molar refractivity (Wildman–Crippen MR) is 122 cm³/mol. The summed E-state index contributed by atoms with van der Waals surface area (Å²) in [5, 5.41) is 9.92. The smallest absolute Gasteiger partial charge is 0.266 e. The lowest BCUT2D eigenvalue weighted by Crippen LogP contribution is -2.23. The summed E-state index contributed by atoms with van der Waals surface area (Å²) in [5.41, 5.74) is 5.93. The van der Waals surface area contributed by atoms with Gasteiger partial charge in [-0.05, 0) is 41.8 Å². The maximum Gasteiger partial charge on any atom is 0.266 e. The number of aryl methyl sites for hydroxylation is 3. The Bertz CT molecular complexity index is 1420. The molecule has 0 saturated heterocycles. The van der Waals surface area contributed by atoms with Crippen LogP contribution in [-0.4, -0.2) is 24.5 Å². The van der Waals surface area contributed by atoms with Gasteiger partial charge in [-0.3, -0.25) is 14.5 Å². The van der Waals surface area contributed by atoms with E-state index in [2.05, 4.69) is 27.3 Å². The van der Waals surface area contributed by atoms with Crippen LogP contribution in [-0.2, 0) is 20.0 Å². The van der Waals surface area contributed by atoms with Crippen molar-refractivity contribution < 1.29 is 0 Å². The average Bonchev–Trinajstić information content (AvgIpc) is 3.25. The summed E-state index contributed by atoms with van der Waals surface area (Å²) in [7, 11) is 1.90. The summed E-state index contributed by atoms with van der Waals surface area (Å²) < 4.78 is 3.32. The molecule has 0 aliphatic rings. The standard InChI is InChI=1S/C25H21N5O/c1-29-17-22(16-27-29)19-5-7-20(8-6-19)24-10-11-25(31)30(28-24)14-12-18-4-9-23-21(15-18)3-2-13-26-23/h2-11,13,15-17H,12,14H2,1H3. The van der Waals surface area contributed by atoms with Crippen molar-refractivity contribution in [2.75, 3.05) is 0 Å².